The lowest BCUT2D eigenvalue weighted by Crippen LogP contribution is -2.10. The number of ether oxygens (including phenoxy) is 1. The van der Waals surface area contributed by atoms with Crippen molar-refractivity contribution in [2.24, 2.45) is 0 Å². The number of nitrogens with zero attached hydrogens (tertiary/aromatic N) is 3. The van der Waals surface area contributed by atoms with Crippen molar-refractivity contribution in [1.82, 2.24) is 14.8 Å². The van der Waals surface area contributed by atoms with Crippen molar-refractivity contribution in [3.63, 3.8) is 0 Å². The molecule has 4 heteroatoms. The summed E-state index contributed by atoms with van der Waals surface area (Å²) in [5, 5.41) is 8.32. The van der Waals surface area contributed by atoms with Crippen LogP contribution in [0.25, 0.3) is 0 Å². The first-order valence-corrected chi connectivity index (χ1v) is 7.42. The number of benzene rings is 1. The third-order valence-electron chi connectivity index (χ3n) is 4.04. The number of fused-ring (bicyclic) bond motifs is 1. The van der Waals surface area contributed by atoms with Crippen LogP contribution in [0.4, 0.5) is 0 Å². The van der Waals surface area contributed by atoms with Crippen molar-refractivity contribution in [2.45, 2.75) is 52.7 Å². The van der Waals surface area contributed by atoms with Gasteiger partial charge in [-0.3, -0.25) is 0 Å². The fourth-order valence-corrected chi connectivity index (χ4v) is 2.97. The molecule has 0 aliphatic heterocycles. The van der Waals surface area contributed by atoms with Gasteiger partial charge in [-0.2, -0.15) is 0 Å². The quantitative estimate of drug-likeness (QED) is 0.858. The number of rotatable bonds is 4. The molecule has 0 bridgehead atoms. The predicted molar refractivity (Wildman–Crippen MR) is 77.8 cm³/mol. The zero-order chi connectivity index (χ0) is 13.9. The van der Waals surface area contributed by atoms with E-state index in [1.807, 2.05) is 6.92 Å². The first kappa shape index (κ1) is 13.2. The van der Waals surface area contributed by atoms with Crippen molar-refractivity contribution in [1.29, 1.82) is 0 Å². The molecular formula is C16H21N3O. The second-order valence-corrected chi connectivity index (χ2v) is 5.30. The largest absolute Gasteiger partial charge is 0.485 e. The summed E-state index contributed by atoms with van der Waals surface area (Å²) in [6.07, 6.45) is 4.86. The van der Waals surface area contributed by atoms with Gasteiger partial charge in [0.05, 0.1) is 0 Å². The van der Waals surface area contributed by atoms with Crippen molar-refractivity contribution < 1.29 is 4.74 Å². The molecule has 2 aromatic rings. The average molecular weight is 271 g/mol. The summed E-state index contributed by atoms with van der Waals surface area (Å²) in [4.78, 5) is 0. The Balaban J connectivity index is 1.78. The topological polar surface area (TPSA) is 39.9 Å². The molecule has 0 amide bonds. The maximum absolute atomic E-state index is 6.02. The van der Waals surface area contributed by atoms with E-state index in [9.17, 15) is 0 Å². The van der Waals surface area contributed by atoms with E-state index in [4.69, 9.17) is 4.74 Å². The van der Waals surface area contributed by atoms with Crippen LogP contribution in [0.2, 0.25) is 0 Å². The van der Waals surface area contributed by atoms with Gasteiger partial charge in [0.25, 0.3) is 0 Å². The average Bonchev–Trinajstić information content (AvgIpc) is 2.85. The Morgan fingerprint density at radius 3 is 2.90 bits per heavy atom. The molecule has 1 aromatic heterocycles. The lowest BCUT2D eigenvalue weighted by molar-refractivity contribution is 0.285. The summed E-state index contributed by atoms with van der Waals surface area (Å²) in [5.74, 6) is 2.87. The van der Waals surface area contributed by atoms with Gasteiger partial charge in [-0.1, -0.05) is 12.1 Å². The molecule has 1 aliphatic rings. The molecule has 0 saturated carbocycles. The van der Waals surface area contributed by atoms with Gasteiger partial charge in [0.1, 0.15) is 18.2 Å². The van der Waals surface area contributed by atoms with E-state index < -0.39 is 0 Å². The van der Waals surface area contributed by atoms with Gasteiger partial charge in [0.15, 0.2) is 5.82 Å². The summed E-state index contributed by atoms with van der Waals surface area (Å²) in [5.41, 5.74) is 2.83. The third kappa shape index (κ3) is 2.42. The van der Waals surface area contributed by atoms with Crippen LogP contribution in [-0.2, 0) is 26.0 Å². The zero-order valence-electron chi connectivity index (χ0n) is 12.2. The van der Waals surface area contributed by atoms with E-state index in [1.54, 1.807) is 0 Å². The molecular weight excluding hydrogens is 250 g/mol. The molecule has 20 heavy (non-hydrogen) atoms. The molecule has 1 heterocycles. The Labute approximate surface area is 119 Å². The Morgan fingerprint density at radius 2 is 2.05 bits per heavy atom. The minimum absolute atomic E-state index is 0.491. The zero-order valence-corrected chi connectivity index (χ0v) is 12.2. The molecule has 0 spiro atoms. The summed E-state index contributed by atoms with van der Waals surface area (Å²) in [6, 6.07) is 6.39. The van der Waals surface area contributed by atoms with Gasteiger partial charge < -0.3 is 9.30 Å². The summed E-state index contributed by atoms with van der Waals surface area (Å²) in [6.45, 7) is 5.45. The van der Waals surface area contributed by atoms with E-state index in [-0.39, 0.29) is 0 Å². The standard InChI is InChI=1S/C16H21N3O/c1-3-19-12(2)17-18-16(19)11-20-15-10-6-8-13-7-4-5-9-14(13)15/h6,8,10H,3-5,7,9,11H2,1-2H3. The molecule has 3 rings (SSSR count). The summed E-state index contributed by atoms with van der Waals surface area (Å²) >= 11 is 0. The van der Waals surface area contributed by atoms with Crippen LogP contribution in [-0.4, -0.2) is 14.8 Å². The lowest BCUT2D eigenvalue weighted by Gasteiger charge is -2.19. The van der Waals surface area contributed by atoms with Crippen molar-refractivity contribution >= 4 is 0 Å². The number of aryl methyl sites for hydroxylation is 2. The minimum atomic E-state index is 0.491. The van der Waals surface area contributed by atoms with Gasteiger partial charge in [0.2, 0.25) is 0 Å². The molecule has 1 aromatic carbocycles. The maximum Gasteiger partial charge on any atom is 0.171 e. The highest BCUT2D eigenvalue weighted by Crippen LogP contribution is 2.29. The fraction of sp³-hybridized carbons (Fsp3) is 0.500. The molecule has 0 fully saturated rings. The number of aromatic nitrogens is 3. The molecule has 1 aliphatic carbocycles. The highest BCUT2D eigenvalue weighted by Gasteiger charge is 2.15. The van der Waals surface area contributed by atoms with E-state index in [1.165, 1.54) is 30.4 Å². The second kappa shape index (κ2) is 5.65. The molecule has 106 valence electrons. The van der Waals surface area contributed by atoms with Crippen molar-refractivity contribution in [2.75, 3.05) is 0 Å². The normalized spacial score (nSPS) is 14.1. The second-order valence-electron chi connectivity index (χ2n) is 5.30. The summed E-state index contributed by atoms with van der Waals surface area (Å²) in [7, 11) is 0. The number of hydrogen-bond acceptors (Lipinski definition) is 3. The Hall–Kier alpha value is -1.84. The van der Waals surface area contributed by atoms with Crippen LogP contribution < -0.4 is 4.74 Å². The molecule has 0 saturated heterocycles. The van der Waals surface area contributed by atoms with E-state index in [0.717, 1.165) is 30.4 Å². The van der Waals surface area contributed by atoms with Gasteiger partial charge >= 0.3 is 0 Å². The Kier molecular flexibility index (Phi) is 3.72. The first-order chi connectivity index (χ1) is 9.79. The lowest BCUT2D eigenvalue weighted by atomic mass is 9.91. The molecule has 0 atom stereocenters. The van der Waals surface area contributed by atoms with E-state index in [2.05, 4.69) is 39.9 Å². The van der Waals surface area contributed by atoms with Crippen LogP contribution in [0.15, 0.2) is 18.2 Å². The van der Waals surface area contributed by atoms with Crippen molar-refractivity contribution in [3.05, 3.63) is 41.0 Å². The molecule has 0 N–H and O–H groups in total. The predicted octanol–water partition coefficient (Wildman–Crippen LogP) is 3.06. The molecule has 0 radical (unpaired) electrons. The highest BCUT2D eigenvalue weighted by molar-refractivity contribution is 5.41. The van der Waals surface area contributed by atoms with Crippen LogP contribution in [0, 0.1) is 6.92 Å². The third-order valence-corrected chi connectivity index (χ3v) is 4.04. The SMILES string of the molecule is CCn1c(C)nnc1COc1cccc2c1CCCC2. The van der Waals surface area contributed by atoms with E-state index in [0.29, 0.717) is 6.61 Å². The first-order valence-electron chi connectivity index (χ1n) is 7.42. The van der Waals surface area contributed by atoms with Gasteiger partial charge in [-0.15, -0.1) is 10.2 Å². The van der Waals surface area contributed by atoms with Gasteiger partial charge in [-0.25, -0.2) is 0 Å². The molecule has 4 nitrogen and oxygen atoms in total. The Bertz CT molecular complexity index is 604. The fourth-order valence-electron chi connectivity index (χ4n) is 2.97. The smallest absolute Gasteiger partial charge is 0.171 e. The van der Waals surface area contributed by atoms with Crippen LogP contribution >= 0.6 is 0 Å². The number of hydrogen-bond donors (Lipinski definition) is 0. The van der Waals surface area contributed by atoms with Crippen LogP contribution in [0.5, 0.6) is 5.75 Å². The van der Waals surface area contributed by atoms with E-state index >= 15 is 0 Å². The maximum atomic E-state index is 6.02. The minimum Gasteiger partial charge on any atom is -0.485 e. The molecule has 0 unspecified atom stereocenters. The Morgan fingerprint density at radius 1 is 1.20 bits per heavy atom. The van der Waals surface area contributed by atoms with Gasteiger partial charge in [-0.05, 0) is 56.7 Å². The monoisotopic (exact) mass is 271 g/mol. The van der Waals surface area contributed by atoms with Crippen LogP contribution in [0.3, 0.4) is 0 Å². The summed E-state index contributed by atoms with van der Waals surface area (Å²) < 4.78 is 8.12. The van der Waals surface area contributed by atoms with Gasteiger partial charge in [0, 0.05) is 6.54 Å². The highest BCUT2D eigenvalue weighted by atomic mass is 16.5. The van der Waals surface area contributed by atoms with Crippen LogP contribution in [0.1, 0.15) is 42.5 Å². The van der Waals surface area contributed by atoms with Crippen molar-refractivity contribution in [3.8, 4) is 5.75 Å².